The van der Waals surface area contributed by atoms with Gasteiger partial charge in [0.2, 0.25) is 0 Å². The van der Waals surface area contributed by atoms with Crippen LogP contribution in [0.5, 0.6) is 0 Å². The Balaban J connectivity index is 1.49. The third kappa shape index (κ3) is 4.04. The molecule has 3 rings (SSSR count). The molecule has 1 aromatic rings. The van der Waals surface area contributed by atoms with Crippen LogP contribution in [0.1, 0.15) is 24.8 Å². The van der Waals surface area contributed by atoms with Crippen molar-refractivity contribution in [2.45, 2.75) is 31.7 Å². The Kier molecular flexibility index (Phi) is 5.66. The van der Waals surface area contributed by atoms with Crippen molar-refractivity contribution in [2.75, 3.05) is 39.8 Å². The van der Waals surface area contributed by atoms with Gasteiger partial charge in [-0.25, -0.2) is 8.78 Å². The first-order valence-electron chi connectivity index (χ1n) is 8.81. The summed E-state index contributed by atoms with van der Waals surface area (Å²) in [5.41, 5.74) is 0.398. The highest BCUT2D eigenvalue weighted by Crippen LogP contribution is 2.20. The SMILES string of the molecule is CN=C(NCCc1cc(F)ccc1F)N1CCC(N2CCCC2)C1. The Hall–Kier alpha value is -1.69. The molecule has 2 aliphatic rings. The van der Waals surface area contributed by atoms with Gasteiger partial charge in [-0.05, 0) is 62.5 Å². The van der Waals surface area contributed by atoms with E-state index in [1.807, 2.05) is 0 Å². The lowest BCUT2D eigenvalue weighted by atomic mass is 10.1. The van der Waals surface area contributed by atoms with E-state index in [4.69, 9.17) is 0 Å². The van der Waals surface area contributed by atoms with Crippen molar-refractivity contribution >= 4 is 5.96 Å². The molecule has 1 unspecified atom stereocenters. The fourth-order valence-corrected chi connectivity index (χ4v) is 3.72. The lowest BCUT2D eigenvalue weighted by Gasteiger charge is -2.25. The molecule has 4 nitrogen and oxygen atoms in total. The highest BCUT2D eigenvalue weighted by Gasteiger charge is 2.30. The van der Waals surface area contributed by atoms with E-state index < -0.39 is 5.82 Å². The molecule has 132 valence electrons. The van der Waals surface area contributed by atoms with Crippen molar-refractivity contribution < 1.29 is 8.78 Å². The van der Waals surface area contributed by atoms with Gasteiger partial charge < -0.3 is 10.2 Å². The molecule has 24 heavy (non-hydrogen) atoms. The topological polar surface area (TPSA) is 30.9 Å². The highest BCUT2D eigenvalue weighted by atomic mass is 19.1. The molecular formula is C18H26F2N4. The Morgan fingerprint density at radius 3 is 2.79 bits per heavy atom. The molecule has 1 N–H and O–H groups in total. The number of aliphatic imine (C=N–C) groups is 1. The van der Waals surface area contributed by atoms with Gasteiger partial charge >= 0.3 is 0 Å². The zero-order chi connectivity index (χ0) is 16.9. The second-order valence-corrected chi connectivity index (χ2v) is 6.59. The molecule has 0 amide bonds. The average molecular weight is 336 g/mol. The van der Waals surface area contributed by atoms with Crippen LogP contribution in [0.2, 0.25) is 0 Å². The predicted molar refractivity (Wildman–Crippen MR) is 92.2 cm³/mol. The zero-order valence-electron chi connectivity index (χ0n) is 14.3. The van der Waals surface area contributed by atoms with Crippen LogP contribution in [-0.2, 0) is 6.42 Å². The Morgan fingerprint density at radius 2 is 2.04 bits per heavy atom. The molecule has 1 aromatic carbocycles. The third-order valence-corrected chi connectivity index (χ3v) is 5.02. The molecule has 0 bridgehead atoms. The van der Waals surface area contributed by atoms with Crippen molar-refractivity contribution in [1.29, 1.82) is 0 Å². The summed E-state index contributed by atoms with van der Waals surface area (Å²) in [6.07, 6.45) is 4.22. The van der Waals surface area contributed by atoms with E-state index in [2.05, 4.69) is 20.1 Å². The van der Waals surface area contributed by atoms with Crippen LogP contribution in [-0.4, -0.2) is 61.6 Å². The van der Waals surface area contributed by atoms with Crippen LogP contribution >= 0.6 is 0 Å². The van der Waals surface area contributed by atoms with Crippen LogP contribution < -0.4 is 5.32 Å². The maximum Gasteiger partial charge on any atom is 0.193 e. The number of benzene rings is 1. The summed E-state index contributed by atoms with van der Waals surface area (Å²) in [4.78, 5) is 9.19. The van der Waals surface area contributed by atoms with Gasteiger partial charge in [0.1, 0.15) is 11.6 Å². The standard InChI is InChI=1S/C18H26F2N4/c1-21-18(22-8-6-14-12-15(19)4-5-17(14)20)24-11-7-16(13-24)23-9-2-3-10-23/h4-5,12,16H,2-3,6-11,13H2,1H3,(H,21,22). The number of hydrogen-bond acceptors (Lipinski definition) is 2. The molecule has 2 saturated heterocycles. The Bertz CT molecular complexity index is 584. The molecule has 6 heteroatoms. The number of likely N-dealkylation sites (tertiary alicyclic amines) is 2. The van der Waals surface area contributed by atoms with E-state index in [1.165, 1.54) is 44.5 Å². The molecule has 0 spiro atoms. The van der Waals surface area contributed by atoms with Gasteiger partial charge in [0.15, 0.2) is 5.96 Å². The number of guanidine groups is 1. The van der Waals surface area contributed by atoms with Gasteiger partial charge in [-0.3, -0.25) is 9.89 Å². The second-order valence-electron chi connectivity index (χ2n) is 6.59. The molecule has 0 saturated carbocycles. The van der Waals surface area contributed by atoms with Gasteiger partial charge in [0.05, 0.1) is 0 Å². The zero-order valence-corrected chi connectivity index (χ0v) is 14.3. The number of halogens is 2. The minimum atomic E-state index is -0.399. The Labute approximate surface area is 142 Å². The van der Waals surface area contributed by atoms with Gasteiger partial charge in [-0.1, -0.05) is 0 Å². The number of nitrogens with one attached hydrogen (secondary N) is 1. The molecule has 0 aromatic heterocycles. The van der Waals surface area contributed by atoms with E-state index in [0.717, 1.165) is 25.1 Å². The third-order valence-electron chi connectivity index (χ3n) is 5.02. The maximum atomic E-state index is 13.7. The number of rotatable bonds is 4. The van der Waals surface area contributed by atoms with E-state index >= 15 is 0 Å². The first-order valence-corrected chi connectivity index (χ1v) is 8.81. The van der Waals surface area contributed by atoms with Crippen molar-refractivity contribution in [2.24, 2.45) is 4.99 Å². The summed E-state index contributed by atoms with van der Waals surface area (Å²) in [6.45, 7) is 4.95. The van der Waals surface area contributed by atoms with E-state index in [-0.39, 0.29) is 5.82 Å². The lowest BCUT2D eigenvalue weighted by Crippen LogP contribution is -2.43. The fourth-order valence-electron chi connectivity index (χ4n) is 3.72. The normalized spacial score (nSPS) is 22.4. The van der Waals surface area contributed by atoms with Crippen molar-refractivity contribution in [3.05, 3.63) is 35.4 Å². The minimum absolute atomic E-state index is 0.358. The molecule has 1 atom stereocenters. The van der Waals surface area contributed by atoms with Gasteiger partial charge in [0.25, 0.3) is 0 Å². The predicted octanol–water partition coefficient (Wildman–Crippen LogP) is 2.25. The summed E-state index contributed by atoms with van der Waals surface area (Å²) in [7, 11) is 1.77. The second kappa shape index (κ2) is 7.92. The molecule has 0 radical (unpaired) electrons. The monoisotopic (exact) mass is 336 g/mol. The van der Waals surface area contributed by atoms with Crippen LogP contribution in [0.4, 0.5) is 8.78 Å². The van der Waals surface area contributed by atoms with Gasteiger partial charge in [-0.15, -0.1) is 0 Å². The lowest BCUT2D eigenvalue weighted by molar-refractivity contribution is 0.249. The van der Waals surface area contributed by atoms with Crippen LogP contribution in [0.3, 0.4) is 0 Å². The minimum Gasteiger partial charge on any atom is -0.356 e. The summed E-state index contributed by atoms with van der Waals surface area (Å²) < 4.78 is 26.9. The summed E-state index contributed by atoms with van der Waals surface area (Å²) in [6, 6.07) is 4.21. The van der Waals surface area contributed by atoms with Crippen LogP contribution in [0.25, 0.3) is 0 Å². The molecule has 2 aliphatic heterocycles. The van der Waals surface area contributed by atoms with Gasteiger partial charge in [-0.2, -0.15) is 0 Å². The van der Waals surface area contributed by atoms with Crippen LogP contribution in [0.15, 0.2) is 23.2 Å². The Morgan fingerprint density at radius 1 is 1.25 bits per heavy atom. The smallest absolute Gasteiger partial charge is 0.193 e. The molecular weight excluding hydrogens is 310 g/mol. The summed E-state index contributed by atoms with van der Waals surface area (Å²) >= 11 is 0. The first-order chi connectivity index (χ1) is 11.7. The fraction of sp³-hybridized carbons (Fsp3) is 0.611. The molecule has 2 fully saturated rings. The summed E-state index contributed by atoms with van der Waals surface area (Å²) in [5, 5.41) is 3.29. The quantitative estimate of drug-likeness (QED) is 0.676. The van der Waals surface area contributed by atoms with Crippen molar-refractivity contribution in [3.63, 3.8) is 0 Å². The largest absolute Gasteiger partial charge is 0.356 e. The highest BCUT2D eigenvalue weighted by molar-refractivity contribution is 5.80. The van der Waals surface area contributed by atoms with E-state index in [9.17, 15) is 8.78 Å². The van der Waals surface area contributed by atoms with E-state index in [0.29, 0.717) is 24.6 Å². The van der Waals surface area contributed by atoms with Gasteiger partial charge in [0, 0.05) is 32.7 Å². The van der Waals surface area contributed by atoms with Crippen molar-refractivity contribution in [3.8, 4) is 0 Å². The first kappa shape index (κ1) is 17.1. The molecule has 2 heterocycles. The number of nitrogens with zero attached hydrogens (tertiary/aromatic N) is 3. The average Bonchev–Trinajstić information content (AvgIpc) is 3.25. The summed E-state index contributed by atoms with van der Waals surface area (Å²) in [5.74, 6) is 0.0979. The van der Waals surface area contributed by atoms with E-state index in [1.54, 1.807) is 7.05 Å². The van der Waals surface area contributed by atoms with Crippen LogP contribution in [0, 0.1) is 11.6 Å². The maximum absolute atomic E-state index is 13.7. The molecule has 0 aliphatic carbocycles. The van der Waals surface area contributed by atoms with Crippen molar-refractivity contribution in [1.82, 2.24) is 15.1 Å². The number of hydrogen-bond donors (Lipinski definition) is 1.